The van der Waals surface area contributed by atoms with Crippen LogP contribution in [0.1, 0.15) is 46.1 Å². The first-order valence-electron chi connectivity index (χ1n) is 11.5. The Morgan fingerprint density at radius 3 is 1.97 bits per heavy atom. The second kappa shape index (κ2) is 14.3. The first kappa shape index (κ1) is 29.1. The van der Waals surface area contributed by atoms with Crippen LogP contribution in [0.15, 0.2) is 30.3 Å². The molecule has 1 rings (SSSR count). The number of amides is 3. The molecular weight excluding hydrogens is 440 g/mol. The Balaban J connectivity index is 2.85. The van der Waals surface area contributed by atoms with Gasteiger partial charge in [0.2, 0.25) is 17.7 Å². The lowest BCUT2D eigenvalue weighted by molar-refractivity contribution is -0.144. The SMILES string of the molecule is CCC(C)C(NC(=O)C(CC(C)C)NC(=O)C(CO)NC(=O)C(N)Cc1ccccc1)C(=O)O. The molecule has 0 fully saturated rings. The van der Waals surface area contributed by atoms with Crippen LogP contribution in [-0.2, 0) is 25.6 Å². The van der Waals surface area contributed by atoms with Gasteiger partial charge in [-0.15, -0.1) is 0 Å². The van der Waals surface area contributed by atoms with Gasteiger partial charge in [0.1, 0.15) is 18.1 Å². The molecule has 0 aliphatic rings. The van der Waals surface area contributed by atoms with Gasteiger partial charge in [-0.2, -0.15) is 0 Å². The molecule has 0 bridgehead atoms. The zero-order valence-electron chi connectivity index (χ0n) is 20.3. The van der Waals surface area contributed by atoms with Crippen molar-refractivity contribution in [2.45, 2.75) is 71.1 Å². The van der Waals surface area contributed by atoms with Crippen molar-refractivity contribution in [1.29, 1.82) is 0 Å². The van der Waals surface area contributed by atoms with Gasteiger partial charge in [0.05, 0.1) is 12.6 Å². The van der Waals surface area contributed by atoms with Crippen LogP contribution in [0, 0.1) is 11.8 Å². The number of carbonyl (C=O) groups is 4. The van der Waals surface area contributed by atoms with Crippen LogP contribution in [0.3, 0.4) is 0 Å². The van der Waals surface area contributed by atoms with E-state index in [1.807, 2.05) is 51.1 Å². The molecule has 190 valence electrons. The molecule has 5 atom stereocenters. The first-order chi connectivity index (χ1) is 16.0. The van der Waals surface area contributed by atoms with Gasteiger partial charge in [0.15, 0.2) is 0 Å². The molecule has 1 aromatic rings. The largest absolute Gasteiger partial charge is 0.480 e. The van der Waals surface area contributed by atoms with E-state index in [0.717, 1.165) is 5.56 Å². The van der Waals surface area contributed by atoms with Gasteiger partial charge in [-0.1, -0.05) is 64.4 Å². The number of nitrogens with one attached hydrogen (secondary N) is 3. The highest BCUT2D eigenvalue weighted by molar-refractivity contribution is 5.94. The summed E-state index contributed by atoms with van der Waals surface area (Å²) in [6, 6.07) is 4.72. The van der Waals surface area contributed by atoms with E-state index in [2.05, 4.69) is 16.0 Å². The van der Waals surface area contributed by atoms with Gasteiger partial charge < -0.3 is 31.9 Å². The monoisotopic (exact) mass is 478 g/mol. The van der Waals surface area contributed by atoms with Crippen molar-refractivity contribution in [3.05, 3.63) is 35.9 Å². The van der Waals surface area contributed by atoms with Crippen LogP contribution in [0.25, 0.3) is 0 Å². The maximum absolute atomic E-state index is 12.8. The Kier molecular flexibility index (Phi) is 12.2. The molecule has 7 N–H and O–H groups in total. The zero-order valence-corrected chi connectivity index (χ0v) is 20.3. The number of aliphatic carboxylic acids is 1. The van der Waals surface area contributed by atoms with E-state index in [0.29, 0.717) is 6.42 Å². The maximum atomic E-state index is 12.8. The number of aliphatic hydroxyl groups is 1. The van der Waals surface area contributed by atoms with Crippen LogP contribution in [0.4, 0.5) is 0 Å². The summed E-state index contributed by atoms with van der Waals surface area (Å²) in [5.74, 6) is -3.50. The quantitative estimate of drug-likeness (QED) is 0.221. The van der Waals surface area contributed by atoms with Crippen LogP contribution in [0.2, 0.25) is 0 Å². The standard InChI is InChI=1S/C24H38N4O6/c1-5-15(4)20(24(33)34)28-22(31)18(11-14(2)3)26-23(32)19(13-29)27-21(30)17(25)12-16-9-7-6-8-10-16/h6-10,14-15,17-20,29H,5,11-13,25H2,1-4H3,(H,26,32)(H,27,30)(H,28,31)(H,33,34). The summed E-state index contributed by atoms with van der Waals surface area (Å²) in [6.07, 6.45) is 1.03. The highest BCUT2D eigenvalue weighted by atomic mass is 16.4. The lowest BCUT2D eigenvalue weighted by atomic mass is 9.97. The second-order valence-corrected chi connectivity index (χ2v) is 8.94. The Morgan fingerprint density at radius 1 is 0.912 bits per heavy atom. The molecule has 0 aliphatic heterocycles. The Labute approximate surface area is 200 Å². The molecule has 34 heavy (non-hydrogen) atoms. The van der Waals surface area contributed by atoms with Gasteiger partial charge in [-0.25, -0.2) is 4.79 Å². The number of rotatable bonds is 14. The molecule has 5 unspecified atom stereocenters. The van der Waals surface area contributed by atoms with E-state index in [-0.39, 0.29) is 24.7 Å². The Morgan fingerprint density at radius 2 is 1.47 bits per heavy atom. The van der Waals surface area contributed by atoms with Gasteiger partial charge in [-0.3, -0.25) is 14.4 Å². The van der Waals surface area contributed by atoms with Crippen LogP contribution < -0.4 is 21.7 Å². The van der Waals surface area contributed by atoms with Crippen molar-refractivity contribution >= 4 is 23.7 Å². The molecule has 0 saturated heterocycles. The van der Waals surface area contributed by atoms with Crippen LogP contribution in [0.5, 0.6) is 0 Å². The van der Waals surface area contributed by atoms with E-state index in [1.165, 1.54) is 0 Å². The third kappa shape index (κ3) is 9.48. The highest BCUT2D eigenvalue weighted by Crippen LogP contribution is 2.11. The summed E-state index contributed by atoms with van der Waals surface area (Å²) < 4.78 is 0. The number of nitrogens with two attached hydrogens (primary N) is 1. The number of carboxylic acids is 1. The Bertz CT molecular complexity index is 817. The van der Waals surface area contributed by atoms with E-state index in [1.54, 1.807) is 6.92 Å². The maximum Gasteiger partial charge on any atom is 0.326 e. The highest BCUT2D eigenvalue weighted by Gasteiger charge is 2.32. The first-order valence-corrected chi connectivity index (χ1v) is 11.5. The lowest BCUT2D eigenvalue weighted by Gasteiger charge is -2.27. The summed E-state index contributed by atoms with van der Waals surface area (Å²) in [5, 5.41) is 26.6. The molecule has 0 heterocycles. The molecule has 1 aromatic carbocycles. The van der Waals surface area contributed by atoms with Gasteiger partial charge >= 0.3 is 5.97 Å². The predicted octanol–water partition coefficient (Wildman–Crippen LogP) is 0.180. The molecule has 0 saturated carbocycles. The van der Waals surface area contributed by atoms with Gasteiger partial charge in [0.25, 0.3) is 0 Å². The topological polar surface area (TPSA) is 171 Å². The third-order valence-corrected chi connectivity index (χ3v) is 5.57. The zero-order chi connectivity index (χ0) is 25.8. The van der Waals surface area contributed by atoms with E-state index < -0.39 is 54.5 Å². The van der Waals surface area contributed by atoms with Crippen molar-refractivity contribution in [2.75, 3.05) is 6.61 Å². The van der Waals surface area contributed by atoms with Crippen molar-refractivity contribution < 1.29 is 29.4 Å². The fourth-order valence-corrected chi connectivity index (χ4v) is 3.35. The fraction of sp³-hybridized carbons (Fsp3) is 0.583. The molecule has 0 aliphatic carbocycles. The van der Waals surface area contributed by atoms with Crippen molar-refractivity contribution in [3.8, 4) is 0 Å². The molecule has 0 aromatic heterocycles. The van der Waals surface area contributed by atoms with Crippen molar-refractivity contribution in [2.24, 2.45) is 17.6 Å². The smallest absolute Gasteiger partial charge is 0.326 e. The minimum atomic E-state index is -1.32. The van der Waals surface area contributed by atoms with Crippen molar-refractivity contribution in [3.63, 3.8) is 0 Å². The van der Waals surface area contributed by atoms with E-state index in [4.69, 9.17) is 5.73 Å². The summed E-state index contributed by atoms with van der Waals surface area (Å²) in [7, 11) is 0. The predicted molar refractivity (Wildman–Crippen MR) is 128 cm³/mol. The lowest BCUT2D eigenvalue weighted by Crippen LogP contribution is -2.58. The summed E-state index contributed by atoms with van der Waals surface area (Å²) in [4.78, 5) is 49.7. The third-order valence-electron chi connectivity index (χ3n) is 5.57. The number of benzene rings is 1. The van der Waals surface area contributed by atoms with Crippen molar-refractivity contribution in [1.82, 2.24) is 16.0 Å². The molecule has 10 heteroatoms. The van der Waals surface area contributed by atoms with Gasteiger partial charge in [-0.05, 0) is 30.2 Å². The van der Waals surface area contributed by atoms with Crippen LogP contribution in [-0.4, -0.2) is 64.7 Å². The molecule has 0 radical (unpaired) electrons. The average molecular weight is 479 g/mol. The summed E-state index contributed by atoms with van der Waals surface area (Å²) in [6.45, 7) is 6.53. The van der Waals surface area contributed by atoms with E-state index >= 15 is 0 Å². The number of aliphatic hydroxyl groups excluding tert-OH is 1. The normalized spacial score (nSPS) is 15.5. The molecule has 3 amide bonds. The average Bonchev–Trinajstić information content (AvgIpc) is 2.79. The van der Waals surface area contributed by atoms with Crippen LogP contribution >= 0.6 is 0 Å². The molecule has 0 spiro atoms. The summed E-state index contributed by atoms with van der Waals surface area (Å²) >= 11 is 0. The fourth-order valence-electron chi connectivity index (χ4n) is 3.35. The summed E-state index contributed by atoms with van der Waals surface area (Å²) in [5.41, 5.74) is 6.79. The van der Waals surface area contributed by atoms with Gasteiger partial charge in [0, 0.05) is 0 Å². The second-order valence-electron chi connectivity index (χ2n) is 8.94. The molecular formula is C24H38N4O6. The Hall–Kier alpha value is -2.98. The minimum Gasteiger partial charge on any atom is -0.480 e. The number of hydrogen-bond donors (Lipinski definition) is 6. The number of carboxylic acid groups (broad SMARTS) is 1. The minimum absolute atomic E-state index is 0.00406. The van der Waals surface area contributed by atoms with E-state index in [9.17, 15) is 29.4 Å². The molecule has 10 nitrogen and oxygen atoms in total. The number of carbonyl (C=O) groups excluding carboxylic acids is 3. The number of hydrogen-bond acceptors (Lipinski definition) is 6.